The van der Waals surface area contributed by atoms with Gasteiger partial charge in [-0.2, -0.15) is 0 Å². The van der Waals surface area contributed by atoms with Gasteiger partial charge in [0, 0.05) is 18.7 Å². The van der Waals surface area contributed by atoms with E-state index in [-0.39, 0.29) is 17.4 Å². The molecule has 0 aliphatic rings. The molecule has 0 spiro atoms. The molecule has 0 fully saturated rings. The van der Waals surface area contributed by atoms with Crippen LogP contribution >= 0.6 is 0 Å². The van der Waals surface area contributed by atoms with Crippen molar-refractivity contribution in [3.63, 3.8) is 0 Å². The number of hydrogen-bond donors (Lipinski definition) is 0. The van der Waals surface area contributed by atoms with E-state index in [0.717, 1.165) is 18.7 Å². The smallest absolute Gasteiger partial charge is 0.182 e. The SMILES string of the molecule is CC(C)CN(C(C)C)C(C)C(=O)c1ccc(F)cc1F. The van der Waals surface area contributed by atoms with E-state index < -0.39 is 17.7 Å². The van der Waals surface area contributed by atoms with Gasteiger partial charge >= 0.3 is 0 Å². The molecule has 0 aliphatic carbocycles. The second-order valence-electron chi connectivity index (χ2n) is 5.85. The molecule has 2 nitrogen and oxygen atoms in total. The summed E-state index contributed by atoms with van der Waals surface area (Å²) >= 11 is 0. The third-order valence-electron chi connectivity index (χ3n) is 3.31. The molecule has 0 aromatic heterocycles. The number of ketones is 1. The summed E-state index contributed by atoms with van der Waals surface area (Å²) < 4.78 is 26.6. The first-order valence-electron chi connectivity index (χ1n) is 6.99. The third-order valence-corrected chi connectivity index (χ3v) is 3.31. The number of halogens is 2. The molecule has 4 heteroatoms. The Balaban J connectivity index is 2.99. The van der Waals surface area contributed by atoms with E-state index in [1.165, 1.54) is 6.07 Å². The number of carbonyl (C=O) groups is 1. The van der Waals surface area contributed by atoms with E-state index in [4.69, 9.17) is 0 Å². The molecule has 0 radical (unpaired) electrons. The van der Waals surface area contributed by atoms with Crippen LogP contribution in [-0.2, 0) is 0 Å². The maximum atomic E-state index is 13.7. The van der Waals surface area contributed by atoms with E-state index in [1.54, 1.807) is 6.92 Å². The van der Waals surface area contributed by atoms with E-state index >= 15 is 0 Å². The van der Waals surface area contributed by atoms with Crippen LogP contribution in [0, 0.1) is 17.6 Å². The van der Waals surface area contributed by atoms with Gasteiger partial charge in [-0.25, -0.2) is 8.78 Å². The largest absolute Gasteiger partial charge is 0.292 e. The van der Waals surface area contributed by atoms with Crippen LogP contribution in [0.1, 0.15) is 45.0 Å². The highest BCUT2D eigenvalue weighted by molar-refractivity contribution is 6.00. The second kappa shape index (κ2) is 6.93. The maximum absolute atomic E-state index is 13.7. The third kappa shape index (κ3) is 4.10. The van der Waals surface area contributed by atoms with Gasteiger partial charge in [0.25, 0.3) is 0 Å². The molecule has 1 atom stereocenters. The van der Waals surface area contributed by atoms with Crippen LogP contribution in [0.15, 0.2) is 18.2 Å². The monoisotopic (exact) mass is 283 g/mol. The lowest BCUT2D eigenvalue weighted by molar-refractivity contribution is 0.0758. The number of nitrogens with zero attached hydrogens (tertiary/aromatic N) is 1. The number of Topliss-reactive ketones (excluding diaryl/α,β-unsaturated/α-hetero) is 1. The van der Waals surface area contributed by atoms with Crippen LogP contribution in [0.25, 0.3) is 0 Å². The van der Waals surface area contributed by atoms with E-state index in [0.29, 0.717) is 5.92 Å². The average Bonchev–Trinajstić information content (AvgIpc) is 2.34. The zero-order valence-corrected chi connectivity index (χ0v) is 12.8. The Hall–Kier alpha value is -1.29. The van der Waals surface area contributed by atoms with Gasteiger partial charge in [-0.1, -0.05) is 13.8 Å². The van der Waals surface area contributed by atoms with Crippen molar-refractivity contribution in [3.05, 3.63) is 35.4 Å². The fraction of sp³-hybridized carbons (Fsp3) is 0.562. The first-order valence-corrected chi connectivity index (χ1v) is 6.99. The molecule has 0 heterocycles. The van der Waals surface area contributed by atoms with Crippen LogP contribution < -0.4 is 0 Å². The highest BCUT2D eigenvalue weighted by Crippen LogP contribution is 2.17. The van der Waals surface area contributed by atoms with Crippen molar-refractivity contribution in [3.8, 4) is 0 Å². The van der Waals surface area contributed by atoms with E-state index in [2.05, 4.69) is 13.8 Å². The Kier molecular flexibility index (Phi) is 5.81. The topological polar surface area (TPSA) is 20.3 Å². The van der Waals surface area contributed by atoms with Crippen molar-refractivity contribution >= 4 is 5.78 Å². The normalized spacial score (nSPS) is 13.3. The van der Waals surface area contributed by atoms with Gasteiger partial charge < -0.3 is 0 Å². The van der Waals surface area contributed by atoms with Gasteiger partial charge in [0.2, 0.25) is 0 Å². The number of benzene rings is 1. The van der Waals surface area contributed by atoms with E-state index in [9.17, 15) is 13.6 Å². The van der Waals surface area contributed by atoms with Crippen LogP contribution in [0.5, 0.6) is 0 Å². The predicted octanol–water partition coefficient (Wildman–Crippen LogP) is 3.90. The fourth-order valence-corrected chi connectivity index (χ4v) is 2.30. The Morgan fingerprint density at radius 3 is 2.20 bits per heavy atom. The number of carbonyl (C=O) groups excluding carboxylic acids is 1. The van der Waals surface area contributed by atoms with E-state index in [1.807, 2.05) is 18.7 Å². The molecule has 0 bridgehead atoms. The number of hydrogen-bond acceptors (Lipinski definition) is 2. The zero-order chi connectivity index (χ0) is 15.4. The van der Waals surface area contributed by atoms with Gasteiger partial charge in [0.1, 0.15) is 11.6 Å². The summed E-state index contributed by atoms with van der Waals surface area (Å²) in [4.78, 5) is 14.4. The molecule has 0 amide bonds. The molecular formula is C16H23F2NO. The van der Waals surface area contributed by atoms with Crippen molar-refractivity contribution in [2.45, 2.75) is 46.7 Å². The lowest BCUT2D eigenvalue weighted by Crippen LogP contribution is -2.45. The van der Waals surface area contributed by atoms with Gasteiger partial charge in [-0.05, 0) is 38.8 Å². The summed E-state index contributed by atoms with van der Waals surface area (Å²) in [6.45, 7) is 10.7. The highest BCUT2D eigenvalue weighted by atomic mass is 19.1. The molecule has 1 aromatic carbocycles. The van der Waals surface area contributed by atoms with Crippen LogP contribution in [0.4, 0.5) is 8.78 Å². The molecule has 1 unspecified atom stereocenters. The first-order chi connectivity index (χ1) is 9.23. The summed E-state index contributed by atoms with van der Waals surface area (Å²) in [5.74, 6) is -1.37. The van der Waals surface area contributed by atoms with Gasteiger partial charge in [0.15, 0.2) is 5.78 Å². The van der Waals surface area contributed by atoms with Crippen molar-refractivity contribution < 1.29 is 13.6 Å². The standard InChI is InChI=1S/C16H23F2NO/c1-10(2)9-19(11(3)4)12(5)16(20)14-7-6-13(17)8-15(14)18/h6-8,10-12H,9H2,1-5H3. The summed E-state index contributed by atoms with van der Waals surface area (Å²) in [5, 5.41) is 0. The van der Waals surface area contributed by atoms with Crippen molar-refractivity contribution in [1.82, 2.24) is 4.90 Å². The van der Waals surface area contributed by atoms with Crippen molar-refractivity contribution in [2.24, 2.45) is 5.92 Å². The van der Waals surface area contributed by atoms with Crippen molar-refractivity contribution in [2.75, 3.05) is 6.54 Å². The molecule has 1 aromatic rings. The van der Waals surface area contributed by atoms with Crippen LogP contribution in [-0.4, -0.2) is 29.3 Å². The Bertz CT molecular complexity index is 472. The fourth-order valence-electron chi connectivity index (χ4n) is 2.30. The summed E-state index contributed by atoms with van der Waals surface area (Å²) in [5.41, 5.74) is -0.0479. The van der Waals surface area contributed by atoms with Gasteiger partial charge in [-0.15, -0.1) is 0 Å². The Morgan fingerprint density at radius 1 is 1.15 bits per heavy atom. The average molecular weight is 283 g/mol. The van der Waals surface area contributed by atoms with Gasteiger partial charge in [-0.3, -0.25) is 9.69 Å². The molecule has 0 saturated carbocycles. The molecule has 112 valence electrons. The molecule has 0 saturated heterocycles. The highest BCUT2D eigenvalue weighted by Gasteiger charge is 2.26. The van der Waals surface area contributed by atoms with Crippen LogP contribution in [0.2, 0.25) is 0 Å². The second-order valence-corrected chi connectivity index (χ2v) is 5.85. The Morgan fingerprint density at radius 2 is 1.75 bits per heavy atom. The van der Waals surface area contributed by atoms with Crippen LogP contribution in [0.3, 0.4) is 0 Å². The lowest BCUT2D eigenvalue weighted by atomic mass is 10.0. The molecule has 0 aliphatic heterocycles. The Labute approximate surface area is 119 Å². The summed E-state index contributed by atoms with van der Waals surface area (Å²) in [6.07, 6.45) is 0. The quantitative estimate of drug-likeness (QED) is 0.738. The molecular weight excluding hydrogens is 260 g/mol. The minimum absolute atomic E-state index is 0.0479. The minimum Gasteiger partial charge on any atom is -0.292 e. The zero-order valence-electron chi connectivity index (χ0n) is 12.8. The van der Waals surface area contributed by atoms with Crippen molar-refractivity contribution in [1.29, 1.82) is 0 Å². The summed E-state index contributed by atoms with van der Waals surface area (Å²) in [7, 11) is 0. The summed E-state index contributed by atoms with van der Waals surface area (Å²) in [6, 6.07) is 2.84. The first kappa shape index (κ1) is 16.8. The van der Waals surface area contributed by atoms with Gasteiger partial charge in [0.05, 0.1) is 11.6 Å². The predicted molar refractivity (Wildman–Crippen MR) is 76.8 cm³/mol. The number of rotatable bonds is 6. The molecule has 1 rings (SSSR count). The molecule has 20 heavy (non-hydrogen) atoms. The maximum Gasteiger partial charge on any atom is 0.182 e. The molecule has 0 N–H and O–H groups in total. The minimum atomic E-state index is -0.796. The lowest BCUT2D eigenvalue weighted by Gasteiger charge is -2.33.